The van der Waals surface area contributed by atoms with E-state index < -0.39 is 0 Å². The first kappa shape index (κ1) is 14.8. The minimum Gasteiger partial charge on any atom is -0.348 e. The molecule has 1 aliphatic carbocycles. The van der Waals surface area contributed by atoms with Crippen LogP contribution in [0.25, 0.3) is 0 Å². The third kappa shape index (κ3) is 3.54. The highest BCUT2D eigenvalue weighted by molar-refractivity contribution is 6.30. The second-order valence-electron chi connectivity index (χ2n) is 5.55. The van der Waals surface area contributed by atoms with Crippen molar-refractivity contribution in [1.82, 2.24) is 15.3 Å². The molecule has 2 N–H and O–H groups in total. The van der Waals surface area contributed by atoms with Gasteiger partial charge in [-0.1, -0.05) is 17.7 Å². The number of aromatic nitrogens is 2. The number of halogens is 1. The van der Waals surface area contributed by atoms with Gasteiger partial charge in [0.05, 0.1) is 0 Å². The molecule has 1 heterocycles. The highest BCUT2D eigenvalue weighted by Crippen LogP contribution is 2.23. The predicted molar refractivity (Wildman–Crippen MR) is 86.7 cm³/mol. The first-order valence-electron chi connectivity index (χ1n) is 7.21. The lowest BCUT2D eigenvalue weighted by Gasteiger charge is -2.10. The molecule has 0 aliphatic heterocycles. The predicted octanol–water partition coefficient (Wildman–Crippen LogP) is 3.38. The summed E-state index contributed by atoms with van der Waals surface area (Å²) in [6.07, 6.45) is 2.09. The Morgan fingerprint density at radius 2 is 2.00 bits per heavy atom. The number of amides is 1. The van der Waals surface area contributed by atoms with Crippen molar-refractivity contribution in [2.45, 2.75) is 32.7 Å². The molecule has 0 radical (unpaired) electrons. The van der Waals surface area contributed by atoms with Gasteiger partial charge in [0.2, 0.25) is 5.95 Å². The SMILES string of the molecule is Cc1cc(C(=O)NC2CC2)nc(Nc2cc(Cl)ccc2C)n1. The molecule has 0 saturated heterocycles. The van der Waals surface area contributed by atoms with Gasteiger partial charge in [0.15, 0.2) is 0 Å². The minimum absolute atomic E-state index is 0.154. The van der Waals surface area contributed by atoms with Crippen LogP contribution in [0.3, 0.4) is 0 Å². The summed E-state index contributed by atoms with van der Waals surface area (Å²) in [6, 6.07) is 7.55. The Morgan fingerprint density at radius 3 is 2.73 bits per heavy atom. The molecule has 22 heavy (non-hydrogen) atoms. The Kier molecular flexibility index (Phi) is 3.98. The van der Waals surface area contributed by atoms with Crippen molar-refractivity contribution in [2.24, 2.45) is 0 Å². The van der Waals surface area contributed by atoms with Crippen molar-refractivity contribution in [3.05, 3.63) is 46.2 Å². The zero-order valence-corrected chi connectivity index (χ0v) is 13.2. The van der Waals surface area contributed by atoms with Gasteiger partial charge < -0.3 is 10.6 Å². The van der Waals surface area contributed by atoms with E-state index in [-0.39, 0.29) is 5.91 Å². The second-order valence-corrected chi connectivity index (χ2v) is 5.99. The van der Waals surface area contributed by atoms with Gasteiger partial charge in [-0.15, -0.1) is 0 Å². The van der Waals surface area contributed by atoms with Crippen LogP contribution in [0.1, 0.15) is 34.6 Å². The van der Waals surface area contributed by atoms with Crippen molar-refractivity contribution < 1.29 is 4.79 Å². The number of hydrogen-bond acceptors (Lipinski definition) is 4. The van der Waals surface area contributed by atoms with E-state index in [2.05, 4.69) is 20.6 Å². The molecular weight excluding hydrogens is 300 g/mol. The molecule has 1 aromatic heterocycles. The Morgan fingerprint density at radius 1 is 1.23 bits per heavy atom. The summed E-state index contributed by atoms with van der Waals surface area (Å²) in [7, 11) is 0. The molecule has 1 aliphatic rings. The molecule has 1 fully saturated rings. The van der Waals surface area contributed by atoms with Crippen molar-refractivity contribution in [2.75, 3.05) is 5.32 Å². The zero-order valence-electron chi connectivity index (χ0n) is 12.5. The van der Waals surface area contributed by atoms with Crippen LogP contribution in [-0.4, -0.2) is 21.9 Å². The number of hydrogen-bond donors (Lipinski definition) is 2. The summed E-state index contributed by atoms with van der Waals surface area (Å²) in [5.41, 5.74) is 2.96. The van der Waals surface area contributed by atoms with Crippen LogP contribution in [-0.2, 0) is 0 Å². The van der Waals surface area contributed by atoms with Crippen LogP contribution < -0.4 is 10.6 Å². The lowest BCUT2D eigenvalue weighted by atomic mass is 10.2. The molecule has 1 amide bonds. The van der Waals surface area contributed by atoms with Gasteiger partial charge in [-0.2, -0.15) is 0 Å². The van der Waals surface area contributed by atoms with E-state index >= 15 is 0 Å². The number of carbonyl (C=O) groups is 1. The number of nitrogens with one attached hydrogen (secondary N) is 2. The van der Waals surface area contributed by atoms with Gasteiger partial charge in [-0.25, -0.2) is 9.97 Å². The summed E-state index contributed by atoms with van der Waals surface area (Å²) in [5.74, 6) is 0.241. The highest BCUT2D eigenvalue weighted by Gasteiger charge is 2.24. The fourth-order valence-corrected chi connectivity index (χ4v) is 2.25. The van der Waals surface area contributed by atoms with E-state index in [4.69, 9.17) is 11.6 Å². The third-order valence-electron chi connectivity index (χ3n) is 3.45. The van der Waals surface area contributed by atoms with E-state index in [1.165, 1.54) is 0 Å². The molecule has 0 spiro atoms. The van der Waals surface area contributed by atoms with Gasteiger partial charge >= 0.3 is 0 Å². The monoisotopic (exact) mass is 316 g/mol. The van der Waals surface area contributed by atoms with Crippen molar-refractivity contribution in [3.8, 4) is 0 Å². The van der Waals surface area contributed by atoms with Crippen LogP contribution in [0, 0.1) is 13.8 Å². The first-order chi connectivity index (χ1) is 10.5. The molecule has 5 nitrogen and oxygen atoms in total. The molecule has 1 aromatic carbocycles. The Hall–Kier alpha value is -2.14. The van der Waals surface area contributed by atoms with Crippen molar-refractivity contribution in [1.29, 1.82) is 0 Å². The lowest BCUT2D eigenvalue weighted by Crippen LogP contribution is -2.26. The zero-order chi connectivity index (χ0) is 15.7. The molecule has 114 valence electrons. The van der Waals surface area contributed by atoms with Gasteiger partial charge in [0.25, 0.3) is 5.91 Å². The van der Waals surface area contributed by atoms with Gasteiger partial charge in [-0.05, 0) is 50.5 Å². The average molecular weight is 317 g/mol. The highest BCUT2D eigenvalue weighted by atomic mass is 35.5. The fourth-order valence-electron chi connectivity index (χ4n) is 2.08. The van der Waals surface area contributed by atoms with Crippen LogP contribution in [0.5, 0.6) is 0 Å². The molecule has 3 rings (SSSR count). The Balaban J connectivity index is 1.85. The van der Waals surface area contributed by atoms with Gasteiger partial charge in [0, 0.05) is 22.4 Å². The maximum Gasteiger partial charge on any atom is 0.270 e. The van der Waals surface area contributed by atoms with Crippen LogP contribution in [0.2, 0.25) is 5.02 Å². The second kappa shape index (κ2) is 5.93. The van der Waals surface area contributed by atoms with E-state index in [1.54, 1.807) is 6.07 Å². The molecule has 0 unspecified atom stereocenters. The summed E-state index contributed by atoms with van der Waals surface area (Å²) in [4.78, 5) is 20.8. The molecule has 6 heteroatoms. The summed E-state index contributed by atoms with van der Waals surface area (Å²) in [6.45, 7) is 3.81. The molecule has 0 atom stereocenters. The van der Waals surface area contributed by atoms with Crippen LogP contribution in [0.15, 0.2) is 24.3 Å². The molecule has 0 bridgehead atoms. The summed E-state index contributed by atoms with van der Waals surface area (Å²) < 4.78 is 0. The lowest BCUT2D eigenvalue weighted by molar-refractivity contribution is 0.0946. The number of aryl methyl sites for hydroxylation is 2. The van der Waals surface area contributed by atoms with Gasteiger partial charge in [-0.3, -0.25) is 4.79 Å². The number of anilines is 2. The maximum atomic E-state index is 12.1. The summed E-state index contributed by atoms with van der Waals surface area (Å²) in [5, 5.41) is 6.69. The van der Waals surface area contributed by atoms with Crippen LogP contribution in [0.4, 0.5) is 11.6 Å². The van der Waals surface area contributed by atoms with E-state index in [0.717, 1.165) is 29.8 Å². The minimum atomic E-state index is -0.154. The third-order valence-corrected chi connectivity index (χ3v) is 3.68. The molecule has 1 saturated carbocycles. The van der Waals surface area contributed by atoms with Crippen molar-refractivity contribution in [3.63, 3.8) is 0 Å². The molecular formula is C16H17ClN4O. The smallest absolute Gasteiger partial charge is 0.270 e. The van der Waals surface area contributed by atoms with E-state index in [1.807, 2.05) is 32.0 Å². The Labute approximate surface area is 134 Å². The number of rotatable bonds is 4. The molecule has 2 aromatic rings. The Bertz CT molecular complexity index is 728. The van der Waals surface area contributed by atoms with E-state index in [0.29, 0.717) is 22.7 Å². The standard InChI is InChI=1S/C16H17ClN4O/c1-9-3-4-11(17)8-13(9)20-16-18-10(2)7-14(21-16)15(22)19-12-5-6-12/h3-4,7-8,12H,5-6H2,1-2H3,(H,19,22)(H,18,20,21). The fraction of sp³-hybridized carbons (Fsp3) is 0.312. The summed E-state index contributed by atoms with van der Waals surface area (Å²) >= 11 is 6.02. The maximum absolute atomic E-state index is 12.1. The van der Waals surface area contributed by atoms with Crippen molar-refractivity contribution >= 4 is 29.1 Å². The average Bonchev–Trinajstić information content (AvgIpc) is 3.26. The largest absolute Gasteiger partial charge is 0.348 e. The number of benzene rings is 1. The first-order valence-corrected chi connectivity index (χ1v) is 7.59. The number of nitrogens with zero attached hydrogens (tertiary/aromatic N) is 2. The quantitative estimate of drug-likeness (QED) is 0.907. The normalized spacial score (nSPS) is 13.8. The topological polar surface area (TPSA) is 66.9 Å². The van der Waals surface area contributed by atoms with Gasteiger partial charge in [0.1, 0.15) is 5.69 Å². The number of carbonyl (C=O) groups excluding carboxylic acids is 1. The van der Waals surface area contributed by atoms with E-state index in [9.17, 15) is 4.79 Å². The van der Waals surface area contributed by atoms with Crippen LogP contribution >= 0.6 is 11.6 Å².